The summed E-state index contributed by atoms with van der Waals surface area (Å²) < 4.78 is 2.52. The van der Waals surface area contributed by atoms with Crippen molar-refractivity contribution in [3.8, 4) is 44.5 Å². The van der Waals surface area contributed by atoms with Crippen molar-refractivity contribution in [3.63, 3.8) is 0 Å². The van der Waals surface area contributed by atoms with Crippen molar-refractivity contribution < 1.29 is 0 Å². The Bertz CT molecular complexity index is 3290. The maximum atomic E-state index is 2.52. The van der Waals surface area contributed by atoms with Gasteiger partial charge < -0.3 is 9.47 Å². The van der Waals surface area contributed by atoms with Crippen LogP contribution in [0.25, 0.3) is 77.1 Å². The maximum Gasteiger partial charge on any atom is 0.0517 e. The molecule has 9 aromatic carbocycles. The van der Waals surface area contributed by atoms with E-state index < -0.39 is 0 Å². The van der Waals surface area contributed by atoms with Gasteiger partial charge in [-0.3, -0.25) is 0 Å². The van der Waals surface area contributed by atoms with E-state index in [1.54, 1.807) is 0 Å². The number of fused-ring (bicyclic) bond motifs is 7. The summed E-state index contributed by atoms with van der Waals surface area (Å²) in [5.41, 5.74) is 18.3. The van der Waals surface area contributed by atoms with E-state index >= 15 is 0 Å². The van der Waals surface area contributed by atoms with Gasteiger partial charge in [0.2, 0.25) is 0 Å². The van der Waals surface area contributed by atoms with Crippen LogP contribution in [0.3, 0.4) is 0 Å². The summed E-state index contributed by atoms with van der Waals surface area (Å²) in [4.78, 5) is 2.48. The largest absolute Gasteiger partial charge is 0.335 e. The van der Waals surface area contributed by atoms with Gasteiger partial charge >= 0.3 is 0 Å². The molecular formula is C59H48N2. The number of para-hydroxylation sites is 1. The van der Waals surface area contributed by atoms with Crippen LogP contribution in [0.4, 0.5) is 17.1 Å². The van der Waals surface area contributed by atoms with E-state index in [-0.39, 0.29) is 11.0 Å². The molecule has 61 heavy (non-hydrogen) atoms. The minimum absolute atomic E-state index is 0.132. The van der Waals surface area contributed by atoms with Crippen molar-refractivity contribution in [1.29, 1.82) is 0 Å². The first-order valence-corrected chi connectivity index (χ1v) is 21.5. The third-order valence-corrected chi connectivity index (χ3v) is 13.0. The molecule has 0 atom stereocenters. The highest BCUT2D eigenvalue weighted by Crippen LogP contribution is 2.55. The third kappa shape index (κ3) is 5.92. The SMILES string of the molecule is CC1(C)c2ccccc2-c2c(-c3ccccc3)cc(N(c3ccc(-c4ccc5ccccc5c4-c4ccccc4)cc3)c3ccc4c5ccccc5n(C(C)(C)C)c4c3)cc21. The molecule has 0 saturated carbocycles. The predicted molar refractivity (Wildman–Crippen MR) is 261 cm³/mol. The summed E-state index contributed by atoms with van der Waals surface area (Å²) in [6, 6.07) is 74.1. The van der Waals surface area contributed by atoms with E-state index in [0.29, 0.717) is 0 Å². The van der Waals surface area contributed by atoms with Crippen LogP contribution in [-0.2, 0) is 11.0 Å². The van der Waals surface area contributed by atoms with Crippen LogP contribution < -0.4 is 4.90 Å². The van der Waals surface area contributed by atoms with Gasteiger partial charge in [-0.1, -0.05) is 172 Å². The lowest BCUT2D eigenvalue weighted by atomic mass is 9.81. The average molecular weight is 785 g/mol. The summed E-state index contributed by atoms with van der Waals surface area (Å²) in [5.74, 6) is 0. The zero-order valence-electron chi connectivity index (χ0n) is 35.4. The van der Waals surface area contributed by atoms with Gasteiger partial charge in [0, 0.05) is 44.3 Å². The Labute approximate surface area is 359 Å². The van der Waals surface area contributed by atoms with Gasteiger partial charge in [-0.05, 0) is 130 Å². The molecule has 1 aromatic heterocycles. The molecule has 0 unspecified atom stereocenters. The fraction of sp³-hybridized carbons (Fsp3) is 0.119. The molecule has 0 N–H and O–H groups in total. The van der Waals surface area contributed by atoms with E-state index in [1.165, 1.54) is 88.2 Å². The Balaban J connectivity index is 1.16. The summed E-state index contributed by atoms with van der Waals surface area (Å²) in [6.07, 6.45) is 0. The summed E-state index contributed by atoms with van der Waals surface area (Å²) >= 11 is 0. The molecule has 2 nitrogen and oxygen atoms in total. The zero-order valence-corrected chi connectivity index (χ0v) is 35.4. The molecule has 0 aliphatic heterocycles. The molecule has 11 rings (SSSR count). The quantitative estimate of drug-likeness (QED) is 0.163. The second kappa shape index (κ2) is 14.0. The van der Waals surface area contributed by atoms with E-state index in [0.717, 1.165) is 17.1 Å². The van der Waals surface area contributed by atoms with E-state index in [9.17, 15) is 0 Å². The Morgan fingerprint density at radius 1 is 0.393 bits per heavy atom. The lowest BCUT2D eigenvalue weighted by Crippen LogP contribution is -2.21. The zero-order chi connectivity index (χ0) is 41.5. The number of benzene rings is 9. The van der Waals surface area contributed by atoms with E-state index in [4.69, 9.17) is 0 Å². The number of hydrogen-bond donors (Lipinski definition) is 0. The number of hydrogen-bond acceptors (Lipinski definition) is 1. The standard InChI is InChI=1S/C59H48N2/c1-58(2,3)61-54-27-17-15-24-48(54)49-35-33-44(38-55(49)61)60(45-36-51(39-18-8-6-9-19-39)57-50-25-14-16-26-52(50)59(4,5)53(57)37-45)43-31-28-41(29-32-43)47-34-30-40-20-12-13-23-46(40)56(47)42-21-10-7-11-22-42/h6-38H,1-5H3. The molecule has 1 heterocycles. The lowest BCUT2D eigenvalue weighted by Gasteiger charge is -2.30. The first-order chi connectivity index (χ1) is 29.7. The second-order valence-corrected chi connectivity index (χ2v) is 18.1. The highest BCUT2D eigenvalue weighted by Gasteiger charge is 2.38. The van der Waals surface area contributed by atoms with Gasteiger partial charge in [0.25, 0.3) is 0 Å². The van der Waals surface area contributed by atoms with Crippen LogP contribution in [-0.4, -0.2) is 4.57 Å². The minimum atomic E-state index is -0.187. The Kier molecular flexibility index (Phi) is 8.44. The number of rotatable bonds is 6. The number of nitrogens with zero attached hydrogens (tertiary/aromatic N) is 2. The predicted octanol–water partition coefficient (Wildman–Crippen LogP) is 16.5. The molecule has 294 valence electrons. The van der Waals surface area contributed by atoms with Gasteiger partial charge in [0.15, 0.2) is 0 Å². The van der Waals surface area contributed by atoms with Crippen LogP contribution in [0.1, 0.15) is 45.7 Å². The second-order valence-electron chi connectivity index (χ2n) is 18.1. The van der Waals surface area contributed by atoms with E-state index in [2.05, 4.69) is 244 Å². The fourth-order valence-corrected chi connectivity index (χ4v) is 10.3. The molecule has 1 aliphatic carbocycles. The van der Waals surface area contributed by atoms with Crippen molar-refractivity contribution >= 4 is 49.6 Å². The fourth-order valence-electron chi connectivity index (χ4n) is 10.3. The normalized spacial score (nSPS) is 13.1. The van der Waals surface area contributed by atoms with Crippen LogP contribution in [0.15, 0.2) is 200 Å². The van der Waals surface area contributed by atoms with E-state index in [1.807, 2.05) is 0 Å². The van der Waals surface area contributed by atoms with Crippen LogP contribution in [0, 0.1) is 0 Å². The van der Waals surface area contributed by atoms with Crippen molar-refractivity contribution in [1.82, 2.24) is 4.57 Å². The molecule has 10 aromatic rings. The van der Waals surface area contributed by atoms with Gasteiger partial charge in [-0.15, -0.1) is 0 Å². The Hall–Kier alpha value is -7.16. The molecule has 2 heteroatoms. The molecule has 0 bridgehead atoms. The summed E-state index contributed by atoms with van der Waals surface area (Å²) in [6.45, 7) is 11.7. The molecule has 0 amide bonds. The maximum absolute atomic E-state index is 2.52. The van der Waals surface area contributed by atoms with Crippen LogP contribution in [0.2, 0.25) is 0 Å². The molecule has 0 saturated heterocycles. The highest BCUT2D eigenvalue weighted by atomic mass is 15.1. The molecule has 0 fully saturated rings. The van der Waals surface area contributed by atoms with Crippen LogP contribution in [0.5, 0.6) is 0 Å². The number of anilines is 3. The van der Waals surface area contributed by atoms with Crippen molar-refractivity contribution in [2.24, 2.45) is 0 Å². The van der Waals surface area contributed by atoms with Crippen molar-refractivity contribution in [2.45, 2.75) is 45.6 Å². The topological polar surface area (TPSA) is 8.17 Å². The highest BCUT2D eigenvalue weighted by molar-refractivity contribution is 6.10. The first-order valence-electron chi connectivity index (χ1n) is 21.5. The molecular weight excluding hydrogens is 737 g/mol. The van der Waals surface area contributed by atoms with Gasteiger partial charge in [0.1, 0.15) is 0 Å². The van der Waals surface area contributed by atoms with Crippen molar-refractivity contribution in [2.75, 3.05) is 4.90 Å². The summed E-state index contributed by atoms with van der Waals surface area (Å²) in [5, 5.41) is 5.05. The van der Waals surface area contributed by atoms with Gasteiger partial charge in [0.05, 0.1) is 5.52 Å². The first kappa shape index (κ1) is 36.9. The smallest absolute Gasteiger partial charge is 0.0517 e. The summed E-state index contributed by atoms with van der Waals surface area (Å²) in [7, 11) is 0. The monoisotopic (exact) mass is 784 g/mol. The Morgan fingerprint density at radius 2 is 1.00 bits per heavy atom. The Morgan fingerprint density at radius 3 is 1.75 bits per heavy atom. The molecule has 0 spiro atoms. The minimum Gasteiger partial charge on any atom is -0.335 e. The lowest BCUT2D eigenvalue weighted by molar-refractivity contribution is 0.423. The molecule has 0 radical (unpaired) electrons. The van der Waals surface area contributed by atoms with Crippen LogP contribution >= 0.6 is 0 Å². The van der Waals surface area contributed by atoms with Gasteiger partial charge in [-0.2, -0.15) is 0 Å². The van der Waals surface area contributed by atoms with Gasteiger partial charge in [-0.25, -0.2) is 0 Å². The molecule has 1 aliphatic rings. The average Bonchev–Trinajstić information content (AvgIpc) is 3.75. The number of aromatic nitrogens is 1. The third-order valence-electron chi connectivity index (χ3n) is 13.0. The van der Waals surface area contributed by atoms with Crippen molar-refractivity contribution in [3.05, 3.63) is 211 Å².